The molecule has 42 heavy (non-hydrogen) atoms. The highest BCUT2D eigenvalue weighted by molar-refractivity contribution is 5.92. The van der Waals surface area contributed by atoms with E-state index in [0.717, 1.165) is 12.8 Å². The fourth-order valence-electron chi connectivity index (χ4n) is 5.54. The number of amides is 2. The van der Waals surface area contributed by atoms with Gasteiger partial charge < -0.3 is 15.4 Å². The van der Waals surface area contributed by atoms with E-state index in [0.29, 0.717) is 22.6 Å². The molecule has 228 valence electrons. The summed E-state index contributed by atoms with van der Waals surface area (Å²) in [5.74, 6) is -3.71. The molecule has 14 heteroatoms. The average molecular weight is 594 g/mol. The van der Waals surface area contributed by atoms with Crippen LogP contribution in [0, 0.1) is 11.8 Å². The van der Waals surface area contributed by atoms with Gasteiger partial charge in [-0.25, -0.2) is 27.1 Å². The Morgan fingerprint density at radius 2 is 1.79 bits per heavy atom. The third kappa shape index (κ3) is 7.08. The van der Waals surface area contributed by atoms with Gasteiger partial charge in [-0.15, -0.1) is 0 Å². The first-order valence-corrected chi connectivity index (χ1v) is 14.2. The molecular formula is C28H35F4N7O3. The number of nitrogens with zero attached hydrogens (tertiary/aromatic N) is 5. The largest absolute Gasteiger partial charge is 0.366 e. The quantitative estimate of drug-likeness (QED) is 0.296. The van der Waals surface area contributed by atoms with Crippen molar-refractivity contribution in [2.75, 3.05) is 13.2 Å². The molecule has 0 saturated heterocycles. The molecule has 10 nitrogen and oxygen atoms in total. The fraction of sp³-hybridized carbons (Fsp3) is 0.607. The van der Waals surface area contributed by atoms with Gasteiger partial charge in [0.25, 0.3) is 12.3 Å². The summed E-state index contributed by atoms with van der Waals surface area (Å²) in [6, 6.07) is 2.31. The highest BCUT2D eigenvalue weighted by atomic mass is 19.3. The number of ether oxygens (including phenoxy) is 1. The molecule has 2 fully saturated rings. The van der Waals surface area contributed by atoms with Gasteiger partial charge in [0.1, 0.15) is 18.9 Å². The molecule has 5 rings (SSSR count). The lowest BCUT2D eigenvalue weighted by atomic mass is 9.81. The number of carbonyl (C=O) groups is 2. The predicted molar refractivity (Wildman–Crippen MR) is 143 cm³/mol. The van der Waals surface area contributed by atoms with Gasteiger partial charge in [0, 0.05) is 25.1 Å². The number of nitrogens with one attached hydrogen (secondary N) is 2. The van der Waals surface area contributed by atoms with Crippen LogP contribution in [0.2, 0.25) is 0 Å². The van der Waals surface area contributed by atoms with Gasteiger partial charge in [-0.2, -0.15) is 10.2 Å². The van der Waals surface area contributed by atoms with Crippen molar-refractivity contribution in [3.63, 3.8) is 0 Å². The van der Waals surface area contributed by atoms with Gasteiger partial charge in [0.05, 0.1) is 30.2 Å². The SMILES string of the molecule is CC(C)n1nccc1C(=O)N[C@H](c1cn2ncc([C@H](NC(=O)COCC(F)F)C3CC3)cc2n1)C1CCC(F)(F)CC1. The van der Waals surface area contributed by atoms with Gasteiger partial charge >= 0.3 is 0 Å². The average Bonchev–Trinajstić information content (AvgIpc) is 3.48. The minimum atomic E-state index is -2.73. The Morgan fingerprint density at radius 1 is 1.07 bits per heavy atom. The van der Waals surface area contributed by atoms with E-state index in [1.54, 1.807) is 39.9 Å². The van der Waals surface area contributed by atoms with E-state index in [-0.39, 0.29) is 49.5 Å². The van der Waals surface area contributed by atoms with E-state index in [1.807, 2.05) is 13.8 Å². The van der Waals surface area contributed by atoms with E-state index < -0.39 is 43.6 Å². The van der Waals surface area contributed by atoms with Gasteiger partial charge in [0.15, 0.2) is 5.65 Å². The summed E-state index contributed by atoms with van der Waals surface area (Å²) in [5, 5.41) is 14.6. The second kappa shape index (κ2) is 12.4. The van der Waals surface area contributed by atoms with Crippen LogP contribution in [0.1, 0.15) is 92.2 Å². The summed E-state index contributed by atoms with van der Waals surface area (Å²) < 4.78 is 60.7. The van der Waals surface area contributed by atoms with Crippen LogP contribution in [0.25, 0.3) is 5.65 Å². The summed E-state index contributed by atoms with van der Waals surface area (Å²) in [6.45, 7) is 2.52. The number of hydrogen-bond acceptors (Lipinski definition) is 6. The zero-order valence-electron chi connectivity index (χ0n) is 23.5. The molecule has 0 unspecified atom stereocenters. The van der Waals surface area contributed by atoms with Crippen LogP contribution in [0.3, 0.4) is 0 Å². The van der Waals surface area contributed by atoms with Crippen LogP contribution in [0.15, 0.2) is 30.7 Å². The summed E-state index contributed by atoms with van der Waals surface area (Å²) in [4.78, 5) is 30.5. The third-order valence-electron chi connectivity index (χ3n) is 7.84. The van der Waals surface area contributed by atoms with E-state index in [2.05, 4.69) is 20.8 Å². The number of rotatable bonds is 12. The molecule has 3 aromatic rings. The maximum Gasteiger partial charge on any atom is 0.270 e. The molecule has 2 aliphatic carbocycles. The number of halogens is 4. The normalized spacial score (nSPS) is 18.9. The van der Waals surface area contributed by atoms with Crippen molar-refractivity contribution in [3.05, 3.63) is 47.7 Å². The number of hydrogen-bond donors (Lipinski definition) is 2. The highest BCUT2D eigenvalue weighted by Gasteiger charge is 2.40. The Bertz CT molecular complexity index is 1400. The van der Waals surface area contributed by atoms with E-state index in [9.17, 15) is 27.2 Å². The Kier molecular flexibility index (Phi) is 8.81. The second-order valence-electron chi connectivity index (χ2n) is 11.4. The van der Waals surface area contributed by atoms with Gasteiger partial charge in [-0.05, 0) is 69.1 Å². The second-order valence-corrected chi connectivity index (χ2v) is 11.4. The minimum absolute atomic E-state index is 0.0545. The van der Waals surface area contributed by atoms with Gasteiger partial charge in [0.2, 0.25) is 11.8 Å². The van der Waals surface area contributed by atoms with Crippen molar-refractivity contribution in [2.45, 2.75) is 82.8 Å². The van der Waals surface area contributed by atoms with Crippen LogP contribution in [0.5, 0.6) is 0 Å². The number of alkyl halides is 4. The van der Waals surface area contributed by atoms with E-state index in [1.165, 1.54) is 0 Å². The topological polar surface area (TPSA) is 115 Å². The number of carbonyl (C=O) groups excluding carboxylic acids is 2. The maximum absolute atomic E-state index is 14.0. The van der Waals surface area contributed by atoms with E-state index >= 15 is 0 Å². The monoisotopic (exact) mass is 593 g/mol. The number of fused-ring (bicyclic) bond motifs is 1. The van der Waals surface area contributed by atoms with E-state index in [4.69, 9.17) is 9.72 Å². The number of imidazole rings is 1. The predicted octanol–water partition coefficient (Wildman–Crippen LogP) is 4.65. The first kappa shape index (κ1) is 29.9. The minimum Gasteiger partial charge on any atom is -0.366 e. The van der Waals surface area contributed by atoms with Crippen LogP contribution in [-0.2, 0) is 9.53 Å². The van der Waals surface area contributed by atoms with Crippen molar-refractivity contribution in [2.24, 2.45) is 11.8 Å². The zero-order valence-corrected chi connectivity index (χ0v) is 23.5. The first-order valence-electron chi connectivity index (χ1n) is 14.2. The summed E-state index contributed by atoms with van der Waals surface area (Å²) >= 11 is 0. The van der Waals surface area contributed by atoms with Gasteiger partial charge in [-0.1, -0.05) is 0 Å². The summed E-state index contributed by atoms with van der Waals surface area (Å²) in [5.41, 5.74) is 2.01. The highest BCUT2D eigenvalue weighted by Crippen LogP contribution is 2.42. The molecule has 0 aliphatic heterocycles. The molecule has 3 aromatic heterocycles. The molecule has 0 radical (unpaired) electrons. The molecular weight excluding hydrogens is 558 g/mol. The lowest BCUT2D eigenvalue weighted by Crippen LogP contribution is -2.38. The van der Waals surface area contributed by atoms with Crippen molar-refractivity contribution in [1.82, 2.24) is 35.0 Å². The molecule has 2 amide bonds. The smallest absolute Gasteiger partial charge is 0.270 e. The van der Waals surface area contributed by atoms with Crippen molar-refractivity contribution in [3.8, 4) is 0 Å². The third-order valence-corrected chi connectivity index (χ3v) is 7.84. The summed E-state index contributed by atoms with van der Waals surface area (Å²) in [6.07, 6.45) is 3.85. The van der Waals surface area contributed by atoms with Crippen molar-refractivity contribution >= 4 is 17.5 Å². The Morgan fingerprint density at radius 3 is 2.45 bits per heavy atom. The Hall–Kier alpha value is -3.55. The van der Waals surface area contributed by atoms with Gasteiger partial charge in [-0.3, -0.25) is 14.3 Å². The lowest BCUT2D eigenvalue weighted by molar-refractivity contribution is -0.128. The molecule has 2 N–H and O–H groups in total. The zero-order chi connectivity index (χ0) is 30.0. The standard InChI is InChI=1S/C28H35F4N7O3/c1-16(2)39-21(7-10-33-39)27(41)37-26(18-5-8-28(31,32)9-6-18)20-13-38-23(35-20)11-19(12-34-38)25(17-3-4-17)36-24(40)15-42-14-22(29)30/h7,10-13,16-18,22,25-26H,3-6,8-9,14-15H2,1-2H3,(H,36,40)(H,37,41)/t25-,26+/m1/s1. The van der Waals surface area contributed by atoms with Crippen LogP contribution in [0.4, 0.5) is 17.6 Å². The molecule has 0 spiro atoms. The first-order chi connectivity index (χ1) is 20.0. The van der Waals surface area contributed by atoms with Crippen LogP contribution >= 0.6 is 0 Å². The number of aromatic nitrogens is 5. The Balaban J connectivity index is 1.39. The maximum atomic E-state index is 14.0. The molecule has 3 heterocycles. The Labute approximate surface area is 240 Å². The van der Waals surface area contributed by atoms with Crippen molar-refractivity contribution < 1.29 is 31.9 Å². The van der Waals surface area contributed by atoms with Crippen LogP contribution in [-0.4, -0.2) is 61.8 Å². The molecule has 2 atom stereocenters. The lowest BCUT2D eigenvalue weighted by Gasteiger charge is -2.33. The molecule has 0 aromatic carbocycles. The molecule has 2 aliphatic rings. The molecule has 2 saturated carbocycles. The summed E-state index contributed by atoms with van der Waals surface area (Å²) in [7, 11) is 0. The van der Waals surface area contributed by atoms with Crippen LogP contribution < -0.4 is 10.6 Å². The fourth-order valence-corrected chi connectivity index (χ4v) is 5.54. The molecule has 0 bridgehead atoms. The van der Waals surface area contributed by atoms with Crippen molar-refractivity contribution in [1.29, 1.82) is 0 Å².